The van der Waals surface area contributed by atoms with Gasteiger partial charge in [0.1, 0.15) is 0 Å². The molecule has 0 aliphatic heterocycles. The topological polar surface area (TPSA) is 66.4 Å². The van der Waals surface area contributed by atoms with Crippen LogP contribution < -0.4 is 5.32 Å². The van der Waals surface area contributed by atoms with E-state index in [0.29, 0.717) is 15.1 Å². The Hall–Kier alpha value is -1.07. The standard InChI is InChI=1S/C11H11BrClNO3/c1-6(15)14-10(5-11(16)17)7-2-3-9(13)8(12)4-7/h2-4,10H,5H2,1H3,(H,14,15)(H,16,17). The lowest BCUT2D eigenvalue weighted by Gasteiger charge is -2.16. The number of carboxylic acid groups (broad SMARTS) is 1. The molecule has 1 unspecified atom stereocenters. The molecule has 2 N–H and O–H groups in total. The molecule has 92 valence electrons. The van der Waals surface area contributed by atoms with Gasteiger partial charge in [-0.1, -0.05) is 17.7 Å². The summed E-state index contributed by atoms with van der Waals surface area (Å²) in [5.41, 5.74) is 0.693. The second-order valence-electron chi connectivity index (χ2n) is 3.52. The van der Waals surface area contributed by atoms with Crippen LogP contribution >= 0.6 is 27.5 Å². The Kier molecular flexibility index (Phi) is 4.96. The fraction of sp³-hybridized carbons (Fsp3) is 0.273. The fourth-order valence-electron chi connectivity index (χ4n) is 1.40. The maximum absolute atomic E-state index is 11.0. The van der Waals surface area contributed by atoms with Gasteiger partial charge in [-0.05, 0) is 33.6 Å². The van der Waals surface area contributed by atoms with E-state index in [2.05, 4.69) is 21.2 Å². The quantitative estimate of drug-likeness (QED) is 0.896. The third-order valence-corrected chi connectivity index (χ3v) is 3.32. The van der Waals surface area contributed by atoms with Gasteiger partial charge in [0.25, 0.3) is 0 Å². The molecule has 0 radical (unpaired) electrons. The summed E-state index contributed by atoms with van der Waals surface area (Å²) < 4.78 is 0.664. The Labute approximate surface area is 112 Å². The van der Waals surface area contributed by atoms with Gasteiger partial charge in [-0.3, -0.25) is 9.59 Å². The van der Waals surface area contributed by atoms with Gasteiger partial charge in [0.05, 0.1) is 17.5 Å². The second-order valence-corrected chi connectivity index (χ2v) is 4.79. The van der Waals surface area contributed by atoms with Crippen LogP contribution in [0.1, 0.15) is 24.9 Å². The van der Waals surface area contributed by atoms with Crippen LogP contribution in [0.15, 0.2) is 22.7 Å². The highest BCUT2D eigenvalue weighted by Crippen LogP contribution is 2.27. The molecular weight excluding hydrogens is 309 g/mol. The first-order chi connectivity index (χ1) is 7.90. The molecule has 1 aromatic carbocycles. The molecule has 0 spiro atoms. The van der Waals surface area contributed by atoms with Gasteiger partial charge in [0.2, 0.25) is 5.91 Å². The molecule has 6 heteroatoms. The Morgan fingerprint density at radius 2 is 2.18 bits per heavy atom. The van der Waals surface area contributed by atoms with E-state index >= 15 is 0 Å². The minimum absolute atomic E-state index is 0.173. The van der Waals surface area contributed by atoms with Gasteiger partial charge in [0.15, 0.2) is 0 Å². The van der Waals surface area contributed by atoms with Gasteiger partial charge < -0.3 is 10.4 Å². The minimum Gasteiger partial charge on any atom is -0.481 e. The summed E-state index contributed by atoms with van der Waals surface area (Å²) in [6.45, 7) is 1.35. The third-order valence-electron chi connectivity index (χ3n) is 2.10. The maximum atomic E-state index is 11.0. The number of rotatable bonds is 4. The van der Waals surface area contributed by atoms with Gasteiger partial charge in [0, 0.05) is 11.4 Å². The summed E-state index contributed by atoms with van der Waals surface area (Å²) in [4.78, 5) is 21.7. The first-order valence-electron chi connectivity index (χ1n) is 4.84. The third kappa shape index (κ3) is 4.36. The molecule has 4 nitrogen and oxygen atoms in total. The van der Waals surface area contributed by atoms with E-state index < -0.39 is 12.0 Å². The van der Waals surface area contributed by atoms with E-state index in [1.807, 2.05) is 0 Å². The Morgan fingerprint density at radius 1 is 1.53 bits per heavy atom. The molecule has 0 aliphatic carbocycles. The highest BCUT2D eigenvalue weighted by Gasteiger charge is 2.17. The second kappa shape index (κ2) is 6.02. The van der Waals surface area contributed by atoms with Crippen LogP contribution in [-0.4, -0.2) is 17.0 Å². The van der Waals surface area contributed by atoms with Crippen molar-refractivity contribution in [2.45, 2.75) is 19.4 Å². The zero-order valence-corrected chi connectivity index (χ0v) is 11.4. The number of aliphatic carboxylic acids is 1. The number of carboxylic acids is 1. The van der Waals surface area contributed by atoms with Crippen molar-refractivity contribution in [2.24, 2.45) is 0 Å². The van der Waals surface area contributed by atoms with Crippen LogP contribution in [0, 0.1) is 0 Å². The molecule has 0 aromatic heterocycles. The normalized spacial score (nSPS) is 11.9. The average molecular weight is 321 g/mol. The van der Waals surface area contributed by atoms with E-state index in [0.717, 1.165) is 0 Å². The van der Waals surface area contributed by atoms with Crippen molar-refractivity contribution in [3.05, 3.63) is 33.3 Å². The van der Waals surface area contributed by atoms with E-state index in [1.54, 1.807) is 18.2 Å². The van der Waals surface area contributed by atoms with Crippen molar-refractivity contribution in [3.8, 4) is 0 Å². The highest BCUT2D eigenvalue weighted by atomic mass is 79.9. The minimum atomic E-state index is -0.977. The Balaban J connectivity index is 2.98. The molecule has 0 saturated heterocycles. The molecular formula is C11H11BrClNO3. The van der Waals surface area contributed by atoms with Crippen LogP contribution in [0.3, 0.4) is 0 Å². The predicted molar refractivity (Wildman–Crippen MR) is 68.0 cm³/mol. The number of amides is 1. The van der Waals surface area contributed by atoms with Gasteiger partial charge in [-0.15, -0.1) is 0 Å². The van der Waals surface area contributed by atoms with Crippen LogP contribution in [0.5, 0.6) is 0 Å². The van der Waals surface area contributed by atoms with Crippen molar-refractivity contribution in [1.82, 2.24) is 5.32 Å². The molecule has 0 heterocycles. The first kappa shape index (κ1) is 14.0. The molecule has 0 bridgehead atoms. The van der Waals surface area contributed by atoms with Gasteiger partial charge in [-0.25, -0.2) is 0 Å². The average Bonchev–Trinajstić information content (AvgIpc) is 2.19. The first-order valence-corrected chi connectivity index (χ1v) is 6.01. The molecule has 0 saturated carbocycles. The number of nitrogens with one attached hydrogen (secondary N) is 1. The molecule has 1 aromatic rings. The smallest absolute Gasteiger partial charge is 0.305 e. The summed E-state index contributed by atoms with van der Waals surface area (Å²) >= 11 is 9.10. The monoisotopic (exact) mass is 319 g/mol. The van der Waals surface area contributed by atoms with Crippen molar-refractivity contribution in [1.29, 1.82) is 0 Å². The molecule has 0 aliphatic rings. The number of carbonyl (C=O) groups is 2. The van der Waals surface area contributed by atoms with Crippen LogP contribution in [-0.2, 0) is 9.59 Å². The fourth-order valence-corrected chi connectivity index (χ4v) is 1.92. The van der Waals surface area contributed by atoms with Crippen LogP contribution in [0.25, 0.3) is 0 Å². The lowest BCUT2D eigenvalue weighted by molar-refractivity contribution is -0.137. The van der Waals surface area contributed by atoms with Gasteiger partial charge >= 0.3 is 5.97 Å². The van der Waals surface area contributed by atoms with Crippen molar-refractivity contribution in [3.63, 3.8) is 0 Å². The SMILES string of the molecule is CC(=O)NC(CC(=O)O)c1ccc(Cl)c(Br)c1. The number of hydrogen-bond acceptors (Lipinski definition) is 2. The van der Waals surface area contributed by atoms with Crippen molar-refractivity contribution >= 4 is 39.4 Å². The van der Waals surface area contributed by atoms with Gasteiger partial charge in [-0.2, -0.15) is 0 Å². The summed E-state index contributed by atoms with van der Waals surface area (Å²) in [6, 6.07) is 4.48. The van der Waals surface area contributed by atoms with E-state index in [-0.39, 0.29) is 12.3 Å². The molecule has 1 atom stereocenters. The Morgan fingerprint density at radius 3 is 2.65 bits per heavy atom. The molecule has 1 rings (SSSR count). The molecule has 0 fully saturated rings. The number of halogens is 2. The van der Waals surface area contributed by atoms with Crippen LogP contribution in [0.2, 0.25) is 5.02 Å². The number of hydrogen-bond donors (Lipinski definition) is 2. The number of carbonyl (C=O) groups excluding carboxylic acids is 1. The molecule has 1 amide bonds. The van der Waals surface area contributed by atoms with E-state index in [4.69, 9.17) is 16.7 Å². The highest BCUT2D eigenvalue weighted by molar-refractivity contribution is 9.10. The maximum Gasteiger partial charge on any atom is 0.305 e. The molecule has 17 heavy (non-hydrogen) atoms. The summed E-state index contributed by atoms with van der Waals surface area (Å²) in [6.07, 6.45) is -0.173. The largest absolute Gasteiger partial charge is 0.481 e. The van der Waals surface area contributed by atoms with E-state index in [1.165, 1.54) is 6.92 Å². The zero-order chi connectivity index (χ0) is 13.0. The van der Waals surface area contributed by atoms with Crippen molar-refractivity contribution in [2.75, 3.05) is 0 Å². The summed E-state index contributed by atoms with van der Waals surface area (Å²) in [5, 5.41) is 11.9. The van der Waals surface area contributed by atoms with E-state index in [9.17, 15) is 9.59 Å². The summed E-state index contributed by atoms with van der Waals surface area (Å²) in [7, 11) is 0. The zero-order valence-electron chi connectivity index (χ0n) is 9.04. The Bertz CT molecular complexity index is 434. The number of benzene rings is 1. The van der Waals surface area contributed by atoms with Crippen LogP contribution in [0.4, 0.5) is 0 Å². The lowest BCUT2D eigenvalue weighted by atomic mass is 10.0. The lowest BCUT2D eigenvalue weighted by Crippen LogP contribution is -2.27. The summed E-state index contributed by atoms with van der Waals surface area (Å²) in [5.74, 6) is -1.25. The van der Waals surface area contributed by atoms with Crippen molar-refractivity contribution < 1.29 is 14.7 Å². The predicted octanol–water partition coefficient (Wildman–Crippen LogP) is 2.75.